The van der Waals surface area contributed by atoms with Gasteiger partial charge in [0.25, 0.3) is 10.0 Å². The summed E-state index contributed by atoms with van der Waals surface area (Å²) in [4.78, 5) is 29.5. The maximum atomic E-state index is 14.4. The zero-order chi connectivity index (χ0) is 31.5. The summed E-state index contributed by atoms with van der Waals surface area (Å²) in [5.74, 6) is -1.43. The molecule has 4 aromatic rings. The fourth-order valence-corrected chi connectivity index (χ4v) is 6.30. The van der Waals surface area contributed by atoms with Gasteiger partial charge in [-0.25, -0.2) is 12.8 Å². The van der Waals surface area contributed by atoms with Crippen molar-refractivity contribution in [3.63, 3.8) is 0 Å². The quantitative estimate of drug-likeness (QED) is 0.179. The molecule has 7 nitrogen and oxygen atoms in total. The van der Waals surface area contributed by atoms with Crippen molar-refractivity contribution < 1.29 is 22.4 Å². The first-order chi connectivity index (χ1) is 21.2. The minimum Gasteiger partial charge on any atom is -0.354 e. The van der Waals surface area contributed by atoms with Crippen LogP contribution in [0, 0.1) is 12.7 Å². The molecule has 1 N–H and O–H groups in total. The third-order valence-corrected chi connectivity index (χ3v) is 9.22. The van der Waals surface area contributed by atoms with Gasteiger partial charge in [0.2, 0.25) is 11.8 Å². The van der Waals surface area contributed by atoms with Gasteiger partial charge in [0.15, 0.2) is 0 Å². The maximum absolute atomic E-state index is 14.4. The Morgan fingerprint density at radius 2 is 1.45 bits per heavy atom. The van der Waals surface area contributed by atoms with Gasteiger partial charge in [0, 0.05) is 19.5 Å². The molecule has 0 bridgehead atoms. The van der Waals surface area contributed by atoms with Gasteiger partial charge >= 0.3 is 0 Å². The number of carbonyl (C=O) groups excluding carboxylic acids is 2. The average Bonchev–Trinajstić information content (AvgIpc) is 3.03. The van der Waals surface area contributed by atoms with Crippen LogP contribution in [0.2, 0.25) is 0 Å². The van der Waals surface area contributed by atoms with E-state index in [1.54, 1.807) is 30.3 Å². The molecule has 0 heterocycles. The Bertz CT molecular complexity index is 1630. The van der Waals surface area contributed by atoms with Crippen LogP contribution in [0.15, 0.2) is 114 Å². The van der Waals surface area contributed by atoms with E-state index in [0.717, 1.165) is 46.0 Å². The summed E-state index contributed by atoms with van der Waals surface area (Å²) in [6, 6.07) is 28.9. The number of amides is 2. The number of nitrogens with zero attached hydrogens (tertiary/aromatic N) is 2. The minimum atomic E-state index is -4.28. The van der Waals surface area contributed by atoms with Crippen molar-refractivity contribution in [1.82, 2.24) is 10.2 Å². The molecule has 9 heteroatoms. The molecule has 0 aliphatic heterocycles. The molecular weight excluding hydrogens is 577 g/mol. The highest BCUT2D eigenvalue weighted by atomic mass is 32.2. The van der Waals surface area contributed by atoms with Crippen molar-refractivity contribution in [2.24, 2.45) is 0 Å². The second-order valence-electron chi connectivity index (χ2n) is 10.6. The number of hydrogen-bond acceptors (Lipinski definition) is 4. The first kappa shape index (κ1) is 32.4. The Balaban J connectivity index is 1.78. The molecule has 44 heavy (non-hydrogen) atoms. The number of halogens is 1. The number of aryl methyl sites for hydroxylation is 1. The van der Waals surface area contributed by atoms with Crippen LogP contribution in [0.5, 0.6) is 0 Å². The standard InChI is InChI=1S/C35H38FN3O4S/c1-3-4-23-37-35(41)33(24-28-14-7-5-8-15-28)38(25-29-16-12-11-13-27(29)2)34(40)26-39(31-17-9-6-10-18-31)44(42,43)32-21-19-30(36)20-22-32/h5-22,33H,3-4,23-26H2,1-2H3,(H,37,41). The van der Waals surface area contributed by atoms with E-state index < -0.39 is 34.3 Å². The lowest BCUT2D eigenvalue weighted by Gasteiger charge is -2.34. The molecule has 0 spiro atoms. The lowest BCUT2D eigenvalue weighted by atomic mass is 10.0. The van der Waals surface area contributed by atoms with E-state index in [-0.39, 0.29) is 29.5 Å². The van der Waals surface area contributed by atoms with E-state index in [1.165, 1.54) is 17.0 Å². The fourth-order valence-electron chi connectivity index (χ4n) is 4.89. The summed E-state index contributed by atoms with van der Waals surface area (Å²) >= 11 is 0. The second kappa shape index (κ2) is 15.3. The number of unbranched alkanes of at least 4 members (excludes halogenated alkanes) is 1. The van der Waals surface area contributed by atoms with Crippen LogP contribution in [-0.4, -0.2) is 44.3 Å². The molecule has 0 radical (unpaired) electrons. The van der Waals surface area contributed by atoms with Gasteiger partial charge in [-0.05, 0) is 66.4 Å². The number of carbonyl (C=O) groups is 2. The van der Waals surface area contributed by atoms with Gasteiger partial charge in [-0.1, -0.05) is 86.1 Å². The van der Waals surface area contributed by atoms with Crippen molar-refractivity contribution >= 4 is 27.5 Å². The van der Waals surface area contributed by atoms with E-state index in [4.69, 9.17) is 0 Å². The van der Waals surface area contributed by atoms with Gasteiger partial charge in [-0.2, -0.15) is 0 Å². The maximum Gasteiger partial charge on any atom is 0.264 e. The Kier molecular flexibility index (Phi) is 11.3. The highest BCUT2D eigenvalue weighted by molar-refractivity contribution is 7.92. The largest absolute Gasteiger partial charge is 0.354 e. The number of benzene rings is 4. The molecule has 4 rings (SSSR count). The number of hydrogen-bond donors (Lipinski definition) is 1. The Morgan fingerprint density at radius 1 is 0.841 bits per heavy atom. The molecule has 230 valence electrons. The number of nitrogens with one attached hydrogen (secondary N) is 1. The highest BCUT2D eigenvalue weighted by Crippen LogP contribution is 2.25. The molecule has 0 fully saturated rings. The SMILES string of the molecule is CCCCNC(=O)C(Cc1ccccc1)N(Cc1ccccc1C)C(=O)CN(c1ccccc1)S(=O)(=O)c1ccc(F)cc1. The van der Waals surface area contributed by atoms with Crippen LogP contribution >= 0.6 is 0 Å². The topological polar surface area (TPSA) is 86.8 Å². The predicted octanol–water partition coefficient (Wildman–Crippen LogP) is 5.89. The zero-order valence-corrected chi connectivity index (χ0v) is 25.8. The number of rotatable bonds is 14. The van der Waals surface area contributed by atoms with E-state index in [9.17, 15) is 22.4 Å². The summed E-state index contributed by atoms with van der Waals surface area (Å²) in [6.45, 7) is 3.96. The minimum absolute atomic E-state index is 0.101. The van der Waals surface area contributed by atoms with Crippen LogP contribution < -0.4 is 9.62 Å². The van der Waals surface area contributed by atoms with Gasteiger partial charge in [0.1, 0.15) is 18.4 Å². The van der Waals surface area contributed by atoms with Gasteiger partial charge in [0.05, 0.1) is 10.6 Å². The van der Waals surface area contributed by atoms with Crippen LogP contribution in [0.25, 0.3) is 0 Å². The highest BCUT2D eigenvalue weighted by Gasteiger charge is 2.34. The van der Waals surface area contributed by atoms with Gasteiger partial charge < -0.3 is 10.2 Å². The molecule has 4 aromatic carbocycles. The fraction of sp³-hybridized carbons (Fsp3) is 0.257. The number of sulfonamides is 1. The molecule has 0 aromatic heterocycles. The van der Waals surface area contributed by atoms with E-state index >= 15 is 0 Å². The molecule has 0 saturated heterocycles. The van der Waals surface area contributed by atoms with E-state index in [2.05, 4.69) is 5.32 Å². The molecule has 1 atom stereocenters. The predicted molar refractivity (Wildman–Crippen MR) is 171 cm³/mol. The lowest BCUT2D eigenvalue weighted by molar-refractivity contribution is -0.140. The summed E-state index contributed by atoms with van der Waals surface area (Å²) in [6.07, 6.45) is 1.92. The number of para-hydroxylation sites is 1. The summed E-state index contributed by atoms with van der Waals surface area (Å²) in [5.41, 5.74) is 2.92. The van der Waals surface area contributed by atoms with E-state index in [1.807, 2.05) is 68.4 Å². The molecule has 2 amide bonds. The summed E-state index contributed by atoms with van der Waals surface area (Å²) in [7, 11) is -4.28. The van der Waals surface area contributed by atoms with E-state index in [0.29, 0.717) is 6.54 Å². The first-order valence-corrected chi connectivity index (χ1v) is 16.1. The van der Waals surface area contributed by atoms with Crippen LogP contribution in [0.1, 0.15) is 36.5 Å². The molecule has 0 aliphatic carbocycles. The van der Waals surface area contributed by atoms with Crippen molar-refractivity contribution in [1.29, 1.82) is 0 Å². The Labute approximate surface area is 259 Å². The summed E-state index contributed by atoms with van der Waals surface area (Å²) < 4.78 is 42.6. The zero-order valence-electron chi connectivity index (χ0n) is 25.0. The monoisotopic (exact) mass is 615 g/mol. The number of anilines is 1. The molecule has 1 unspecified atom stereocenters. The third-order valence-electron chi connectivity index (χ3n) is 7.43. The third kappa shape index (κ3) is 8.32. The summed E-state index contributed by atoms with van der Waals surface area (Å²) in [5, 5.41) is 2.99. The molecule has 0 saturated carbocycles. The first-order valence-electron chi connectivity index (χ1n) is 14.7. The van der Waals surface area contributed by atoms with Crippen LogP contribution in [0.4, 0.5) is 10.1 Å². The smallest absolute Gasteiger partial charge is 0.264 e. The lowest BCUT2D eigenvalue weighted by Crippen LogP contribution is -2.53. The average molecular weight is 616 g/mol. The normalized spacial score (nSPS) is 11.9. The van der Waals surface area contributed by atoms with Crippen molar-refractivity contribution in [3.05, 3.63) is 132 Å². The van der Waals surface area contributed by atoms with Crippen LogP contribution in [0.3, 0.4) is 0 Å². The Morgan fingerprint density at radius 3 is 2.09 bits per heavy atom. The second-order valence-corrected chi connectivity index (χ2v) is 12.5. The Hall–Kier alpha value is -4.50. The van der Waals surface area contributed by atoms with Gasteiger partial charge in [-0.15, -0.1) is 0 Å². The molecule has 0 aliphatic rings. The van der Waals surface area contributed by atoms with Crippen molar-refractivity contribution in [2.45, 2.75) is 50.6 Å². The molecular formula is C35H38FN3O4S. The van der Waals surface area contributed by atoms with Crippen molar-refractivity contribution in [2.75, 3.05) is 17.4 Å². The van der Waals surface area contributed by atoms with Crippen LogP contribution in [-0.2, 0) is 32.6 Å². The van der Waals surface area contributed by atoms with Crippen molar-refractivity contribution in [3.8, 4) is 0 Å². The van der Waals surface area contributed by atoms with Gasteiger partial charge in [-0.3, -0.25) is 13.9 Å².